The first-order valence-electron chi connectivity index (χ1n) is 6.79. The Labute approximate surface area is 113 Å². The molecule has 0 aromatic heterocycles. The third-order valence-electron chi connectivity index (χ3n) is 3.69. The standard InChI is InChI=1S/C16H18N2O/c1-12-16(19)18(10-4-9-17-12)15-8-7-13-5-2-3-6-14(13)11-15/h2-3,5-8,11-12,17H,4,9-10H2,1H3/t12-/m1/s1. The van der Waals surface area contributed by atoms with Crippen LogP contribution in [0.2, 0.25) is 0 Å². The van der Waals surface area contributed by atoms with Crippen LogP contribution >= 0.6 is 0 Å². The molecule has 0 bridgehead atoms. The van der Waals surface area contributed by atoms with Crippen molar-refractivity contribution in [3.63, 3.8) is 0 Å². The van der Waals surface area contributed by atoms with Crippen molar-refractivity contribution < 1.29 is 4.79 Å². The van der Waals surface area contributed by atoms with Crippen molar-refractivity contribution >= 4 is 22.4 Å². The highest BCUT2D eigenvalue weighted by molar-refractivity contribution is 5.99. The lowest BCUT2D eigenvalue weighted by molar-refractivity contribution is -0.119. The van der Waals surface area contributed by atoms with Crippen LogP contribution in [0.5, 0.6) is 0 Å². The van der Waals surface area contributed by atoms with Crippen LogP contribution in [-0.4, -0.2) is 25.0 Å². The SMILES string of the molecule is C[C@H]1NCCCN(c2ccc3ccccc3c2)C1=O. The molecule has 0 saturated carbocycles. The summed E-state index contributed by atoms with van der Waals surface area (Å²) in [4.78, 5) is 14.2. The third kappa shape index (κ3) is 2.34. The van der Waals surface area contributed by atoms with Crippen LogP contribution < -0.4 is 10.2 Å². The predicted octanol–water partition coefficient (Wildman–Crippen LogP) is 2.55. The van der Waals surface area contributed by atoms with Gasteiger partial charge in [-0.05, 0) is 42.8 Å². The summed E-state index contributed by atoms with van der Waals surface area (Å²) in [6.45, 7) is 3.62. The molecule has 1 heterocycles. The summed E-state index contributed by atoms with van der Waals surface area (Å²) in [6.07, 6.45) is 0.989. The molecule has 3 heteroatoms. The van der Waals surface area contributed by atoms with E-state index in [0.29, 0.717) is 0 Å². The van der Waals surface area contributed by atoms with E-state index < -0.39 is 0 Å². The Balaban J connectivity index is 2.00. The van der Waals surface area contributed by atoms with Gasteiger partial charge in [0.25, 0.3) is 0 Å². The summed E-state index contributed by atoms with van der Waals surface area (Å²) in [7, 11) is 0. The molecule has 1 atom stereocenters. The van der Waals surface area contributed by atoms with Crippen LogP contribution in [0.25, 0.3) is 10.8 Å². The third-order valence-corrected chi connectivity index (χ3v) is 3.69. The smallest absolute Gasteiger partial charge is 0.243 e. The van der Waals surface area contributed by atoms with Gasteiger partial charge < -0.3 is 10.2 Å². The van der Waals surface area contributed by atoms with Crippen LogP contribution in [0.15, 0.2) is 42.5 Å². The maximum atomic E-state index is 12.3. The predicted molar refractivity (Wildman–Crippen MR) is 78.4 cm³/mol. The molecule has 1 fully saturated rings. The van der Waals surface area contributed by atoms with Gasteiger partial charge in [0.15, 0.2) is 0 Å². The number of carbonyl (C=O) groups excluding carboxylic acids is 1. The topological polar surface area (TPSA) is 32.3 Å². The van der Waals surface area contributed by atoms with Crippen molar-refractivity contribution in [1.29, 1.82) is 0 Å². The molecular formula is C16H18N2O. The first-order valence-corrected chi connectivity index (χ1v) is 6.79. The first-order chi connectivity index (χ1) is 9.25. The highest BCUT2D eigenvalue weighted by Gasteiger charge is 2.24. The molecule has 0 aliphatic carbocycles. The van der Waals surface area contributed by atoms with E-state index in [9.17, 15) is 4.79 Å². The summed E-state index contributed by atoms with van der Waals surface area (Å²) >= 11 is 0. The van der Waals surface area contributed by atoms with E-state index in [4.69, 9.17) is 0 Å². The maximum Gasteiger partial charge on any atom is 0.243 e. The number of nitrogens with zero attached hydrogens (tertiary/aromatic N) is 1. The summed E-state index contributed by atoms with van der Waals surface area (Å²) in [5.74, 6) is 0.160. The molecule has 3 rings (SSSR count). The molecule has 19 heavy (non-hydrogen) atoms. The van der Waals surface area contributed by atoms with Crippen LogP contribution in [-0.2, 0) is 4.79 Å². The zero-order chi connectivity index (χ0) is 13.2. The quantitative estimate of drug-likeness (QED) is 0.848. The normalized spacial score (nSPS) is 20.6. The van der Waals surface area contributed by atoms with Crippen molar-refractivity contribution in [2.45, 2.75) is 19.4 Å². The van der Waals surface area contributed by atoms with Gasteiger partial charge >= 0.3 is 0 Å². The minimum atomic E-state index is -0.103. The van der Waals surface area contributed by atoms with Crippen molar-refractivity contribution in [1.82, 2.24) is 5.32 Å². The van der Waals surface area contributed by atoms with Crippen molar-refractivity contribution in [2.24, 2.45) is 0 Å². The number of benzene rings is 2. The number of hydrogen-bond acceptors (Lipinski definition) is 2. The fraction of sp³-hybridized carbons (Fsp3) is 0.312. The number of carbonyl (C=O) groups is 1. The molecule has 0 unspecified atom stereocenters. The van der Waals surface area contributed by atoms with Crippen molar-refractivity contribution in [2.75, 3.05) is 18.0 Å². The molecule has 2 aromatic carbocycles. The Morgan fingerprint density at radius 1 is 1.16 bits per heavy atom. The Kier molecular flexibility index (Phi) is 3.22. The van der Waals surface area contributed by atoms with Gasteiger partial charge in [0.05, 0.1) is 6.04 Å². The molecule has 2 aromatic rings. The van der Waals surface area contributed by atoms with Crippen LogP contribution in [0.3, 0.4) is 0 Å². The van der Waals surface area contributed by atoms with Gasteiger partial charge in [0, 0.05) is 12.2 Å². The molecular weight excluding hydrogens is 236 g/mol. The maximum absolute atomic E-state index is 12.3. The number of nitrogens with one attached hydrogen (secondary N) is 1. The number of hydrogen-bond donors (Lipinski definition) is 1. The van der Waals surface area contributed by atoms with Gasteiger partial charge in [0.2, 0.25) is 5.91 Å². The largest absolute Gasteiger partial charge is 0.311 e. The van der Waals surface area contributed by atoms with E-state index in [0.717, 1.165) is 25.2 Å². The van der Waals surface area contributed by atoms with Crippen molar-refractivity contribution in [3.05, 3.63) is 42.5 Å². The van der Waals surface area contributed by atoms with Crippen LogP contribution in [0.4, 0.5) is 5.69 Å². The highest BCUT2D eigenvalue weighted by Crippen LogP contribution is 2.23. The van der Waals surface area contributed by atoms with Gasteiger partial charge in [-0.15, -0.1) is 0 Å². The molecule has 1 amide bonds. The molecule has 3 nitrogen and oxygen atoms in total. The van der Waals surface area contributed by atoms with Gasteiger partial charge in [0.1, 0.15) is 0 Å². The first kappa shape index (κ1) is 12.2. The average Bonchev–Trinajstić information content (AvgIpc) is 2.61. The Bertz CT molecular complexity index is 608. The molecule has 1 aliphatic rings. The highest BCUT2D eigenvalue weighted by atomic mass is 16.2. The monoisotopic (exact) mass is 254 g/mol. The summed E-state index contributed by atoms with van der Waals surface area (Å²) < 4.78 is 0. The second kappa shape index (κ2) is 5.02. The van der Waals surface area contributed by atoms with E-state index in [1.807, 2.05) is 30.0 Å². The van der Waals surface area contributed by atoms with Crippen LogP contribution in [0.1, 0.15) is 13.3 Å². The summed E-state index contributed by atoms with van der Waals surface area (Å²) in [5, 5.41) is 5.63. The van der Waals surface area contributed by atoms with E-state index in [1.165, 1.54) is 10.8 Å². The molecule has 1 aliphatic heterocycles. The van der Waals surface area contributed by atoms with E-state index >= 15 is 0 Å². The zero-order valence-electron chi connectivity index (χ0n) is 11.1. The van der Waals surface area contributed by atoms with Gasteiger partial charge in [-0.3, -0.25) is 4.79 Å². The number of fused-ring (bicyclic) bond motifs is 1. The molecule has 0 spiro atoms. The van der Waals surface area contributed by atoms with E-state index in [2.05, 4.69) is 29.6 Å². The minimum Gasteiger partial charge on any atom is -0.311 e. The Hall–Kier alpha value is -1.87. The second-order valence-corrected chi connectivity index (χ2v) is 5.05. The fourth-order valence-corrected chi connectivity index (χ4v) is 2.59. The Morgan fingerprint density at radius 3 is 2.79 bits per heavy atom. The zero-order valence-corrected chi connectivity index (χ0v) is 11.1. The Morgan fingerprint density at radius 2 is 1.95 bits per heavy atom. The molecule has 1 N–H and O–H groups in total. The number of anilines is 1. The van der Waals surface area contributed by atoms with E-state index in [1.54, 1.807) is 0 Å². The van der Waals surface area contributed by atoms with E-state index in [-0.39, 0.29) is 11.9 Å². The van der Waals surface area contributed by atoms with Gasteiger partial charge in [-0.2, -0.15) is 0 Å². The number of rotatable bonds is 1. The van der Waals surface area contributed by atoms with Gasteiger partial charge in [-0.1, -0.05) is 30.3 Å². The minimum absolute atomic E-state index is 0.103. The van der Waals surface area contributed by atoms with Crippen molar-refractivity contribution in [3.8, 4) is 0 Å². The lowest BCUT2D eigenvalue weighted by atomic mass is 10.1. The molecule has 98 valence electrons. The molecule has 0 radical (unpaired) electrons. The lowest BCUT2D eigenvalue weighted by Gasteiger charge is -2.23. The van der Waals surface area contributed by atoms with Crippen LogP contribution in [0, 0.1) is 0 Å². The molecule has 1 saturated heterocycles. The summed E-state index contributed by atoms with van der Waals surface area (Å²) in [5.41, 5.74) is 0.999. The second-order valence-electron chi connectivity index (χ2n) is 5.05. The summed E-state index contributed by atoms with van der Waals surface area (Å²) in [6, 6.07) is 14.4. The lowest BCUT2D eigenvalue weighted by Crippen LogP contribution is -2.41. The van der Waals surface area contributed by atoms with Gasteiger partial charge in [-0.25, -0.2) is 0 Å². The average molecular weight is 254 g/mol. The number of amides is 1. The fourth-order valence-electron chi connectivity index (χ4n) is 2.59.